The second-order valence-corrected chi connectivity index (χ2v) is 14.3. The van der Waals surface area contributed by atoms with Gasteiger partial charge in [-0.05, 0) is 59.0 Å². The van der Waals surface area contributed by atoms with Gasteiger partial charge in [-0.3, -0.25) is 4.90 Å². The van der Waals surface area contributed by atoms with Crippen molar-refractivity contribution in [2.75, 3.05) is 20.7 Å². The summed E-state index contributed by atoms with van der Waals surface area (Å²) >= 11 is 0. The molecule has 1 heterocycles. The number of nitrogens with one attached hydrogen (secondary N) is 2. The van der Waals surface area contributed by atoms with Gasteiger partial charge in [0.25, 0.3) is 0 Å². The topological polar surface area (TPSA) is 109 Å². The quantitative estimate of drug-likeness (QED) is 0.0993. The average Bonchev–Trinajstić information content (AvgIpc) is 3.23. The van der Waals surface area contributed by atoms with E-state index in [4.69, 9.17) is 14.2 Å². The number of hydrogen-bond donors (Lipinski definition) is 3. The Morgan fingerprint density at radius 2 is 1.44 bits per heavy atom. The van der Waals surface area contributed by atoms with E-state index in [-0.39, 0.29) is 37.3 Å². The Labute approximate surface area is 324 Å². The summed E-state index contributed by atoms with van der Waals surface area (Å²) in [6.07, 6.45) is -0.576. The largest absolute Gasteiger partial charge is 0.467 e. The average molecular weight is 742 g/mol. The standard InChI is InChI=1S/C46H51N3O6/c1-31-42(29-49(3)32(2)36-15-9-6-10-16-36)54-45(55-43(31)38-20-18-34(30-50)19-21-38)39-24-22-37(23-25-39)40-17-11-14-35(26-40)28-47-46(52)48-41(44(51)53-4)27-33-12-7-5-8-13-33/h5-26,31-32,41-43,45,50H,27-30H2,1-4H3,(H2,47,48,52). The molecule has 1 saturated heterocycles. The molecule has 5 aromatic carbocycles. The van der Waals surface area contributed by atoms with E-state index in [9.17, 15) is 14.7 Å². The number of hydrogen-bond acceptors (Lipinski definition) is 7. The first-order chi connectivity index (χ1) is 26.7. The number of urea groups is 1. The zero-order valence-corrected chi connectivity index (χ0v) is 31.9. The van der Waals surface area contributed by atoms with Crippen molar-refractivity contribution in [3.63, 3.8) is 0 Å². The molecule has 0 radical (unpaired) electrons. The van der Waals surface area contributed by atoms with Crippen molar-refractivity contribution in [3.8, 4) is 11.1 Å². The fraction of sp³-hybridized carbons (Fsp3) is 0.304. The van der Waals surface area contributed by atoms with Crippen LogP contribution in [-0.2, 0) is 38.6 Å². The molecule has 5 aromatic rings. The summed E-state index contributed by atoms with van der Waals surface area (Å²) in [7, 11) is 3.45. The van der Waals surface area contributed by atoms with Gasteiger partial charge in [0.15, 0.2) is 6.29 Å². The number of esters is 1. The van der Waals surface area contributed by atoms with Crippen molar-refractivity contribution < 1.29 is 28.9 Å². The van der Waals surface area contributed by atoms with E-state index < -0.39 is 24.3 Å². The Morgan fingerprint density at radius 1 is 0.782 bits per heavy atom. The number of benzene rings is 5. The van der Waals surface area contributed by atoms with E-state index >= 15 is 0 Å². The third kappa shape index (κ3) is 10.3. The van der Waals surface area contributed by atoms with E-state index in [2.05, 4.69) is 72.8 Å². The van der Waals surface area contributed by atoms with E-state index in [1.54, 1.807) is 0 Å². The molecule has 9 heteroatoms. The van der Waals surface area contributed by atoms with Crippen molar-refractivity contribution in [3.05, 3.63) is 167 Å². The minimum Gasteiger partial charge on any atom is -0.467 e. The lowest BCUT2D eigenvalue weighted by Gasteiger charge is -2.43. The number of nitrogens with zero attached hydrogens (tertiary/aromatic N) is 1. The van der Waals surface area contributed by atoms with Crippen molar-refractivity contribution in [2.24, 2.45) is 5.92 Å². The number of carbonyl (C=O) groups excluding carboxylic acids is 2. The van der Waals surface area contributed by atoms with Crippen molar-refractivity contribution in [2.45, 2.75) is 64.0 Å². The van der Waals surface area contributed by atoms with Gasteiger partial charge in [0.1, 0.15) is 6.04 Å². The first-order valence-electron chi connectivity index (χ1n) is 18.8. The van der Waals surface area contributed by atoms with Gasteiger partial charge in [-0.1, -0.05) is 134 Å². The van der Waals surface area contributed by atoms with E-state index in [1.165, 1.54) is 12.7 Å². The summed E-state index contributed by atoms with van der Waals surface area (Å²) in [4.78, 5) is 27.6. The Hall–Kier alpha value is -5.32. The van der Waals surface area contributed by atoms with Gasteiger partial charge in [0.2, 0.25) is 0 Å². The van der Waals surface area contributed by atoms with Gasteiger partial charge in [-0.15, -0.1) is 0 Å². The van der Waals surface area contributed by atoms with Gasteiger partial charge in [-0.25, -0.2) is 9.59 Å². The monoisotopic (exact) mass is 741 g/mol. The molecule has 1 fully saturated rings. The fourth-order valence-electron chi connectivity index (χ4n) is 7.03. The van der Waals surface area contributed by atoms with Crippen molar-refractivity contribution in [1.29, 1.82) is 0 Å². The molecule has 6 atom stereocenters. The molecule has 3 N–H and O–H groups in total. The highest BCUT2D eigenvalue weighted by atomic mass is 16.7. The molecule has 9 nitrogen and oxygen atoms in total. The Bertz CT molecular complexity index is 1970. The number of methoxy groups -OCH3 is 1. The summed E-state index contributed by atoms with van der Waals surface area (Å²) in [6, 6.07) is 43.1. The first-order valence-corrected chi connectivity index (χ1v) is 18.8. The van der Waals surface area contributed by atoms with Gasteiger partial charge >= 0.3 is 12.0 Å². The molecule has 0 aliphatic carbocycles. The third-order valence-corrected chi connectivity index (χ3v) is 10.5. The van der Waals surface area contributed by atoms with Crippen molar-refractivity contribution >= 4 is 12.0 Å². The van der Waals surface area contributed by atoms with Crippen LogP contribution < -0.4 is 10.6 Å². The lowest BCUT2D eigenvalue weighted by Crippen LogP contribution is -2.47. The molecule has 6 unspecified atom stereocenters. The van der Waals surface area contributed by atoms with E-state index in [1.807, 2.05) is 97.1 Å². The van der Waals surface area contributed by atoms with Crippen LogP contribution in [0.1, 0.15) is 65.7 Å². The zero-order valence-electron chi connectivity index (χ0n) is 31.9. The minimum atomic E-state index is -0.811. The molecule has 55 heavy (non-hydrogen) atoms. The van der Waals surface area contributed by atoms with Crippen LogP contribution >= 0.6 is 0 Å². The van der Waals surface area contributed by atoms with E-state index in [0.717, 1.165) is 45.5 Å². The lowest BCUT2D eigenvalue weighted by molar-refractivity contribution is -0.276. The normalized spacial score (nSPS) is 19.3. The maximum atomic E-state index is 12.9. The number of aliphatic hydroxyl groups is 1. The summed E-state index contributed by atoms with van der Waals surface area (Å²) in [5.41, 5.74) is 7.92. The van der Waals surface area contributed by atoms with Crippen LogP contribution in [0.4, 0.5) is 4.79 Å². The van der Waals surface area contributed by atoms with Crippen molar-refractivity contribution in [1.82, 2.24) is 15.5 Å². The van der Waals surface area contributed by atoms with Crippen LogP contribution in [0.3, 0.4) is 0 Å². The smallest absolute Gasteiger partial charge is 0.328 e. The summed E-state index contributed by atoms with van der Waals surface area (Å²) in [6.45, 7) is 5.39. The summed E-state index contributed by atoms with van der Waals surface area (Å²) in [5, 5.41) is 15.3. The molecule has 0 spiro atoms. The highest BCUT2D eigenvalue weighted by Gasteiger charge is 2.39. The molecule has 286 valence electrons. The lowest BCUT2D eigenvalue weighted by atomic mass is 9.89. The molecule has 6 rings (SSSR count). The number of likely N-dealkylation sites (N-methyl/N-ethyl adjacent to an activating group) is 1. The van der Waals surface area contributed by atoms with Gasteiger partial charge < -0.3 is 30.0 Å². The maximum absolute atomic E-state index is 12.9. The predicted octanol–water partition coefficient (Wildman–Crippen LogP) is 7.91. The molecule has 1 aliphatic heterocycles. The SMILES string of the molecule is COC(=O)C(Cc1ccccc1)NC(=O)NCc1cccc(-c2ccc(C3OC(CN(C)C(C)c4ccccc4)C(C)C(c4ccc(CO)cc4)O3)cc2)c1. The number of ether oxygens (including phenoxy) is 3. The number of rotatable bonds is 14. The first kappa shape index (κ1) is 39.4. The summed E-state index contributed by atoms with van der Waals surface area (Å²) in [5.74, 6) is -0.440. The number of carbonyl (C=O) groups is 2. The fourth-order valence-corrected chi connectivity index (χ4v) is 7.03. The molecular weight excluding hydrogens is 691 g/mol. The van der Waals surface area contributed by atoms with E-state index in [0.29, 0.717) is 6.42 Å². The third-order valence-electron chi connectivity index (χ3n) is 10.5. The summed E-state index contributed by atoms with van der Waals surface area (Å²) < 4.78 is 18.4. The second-order valence-electron chi connectivity index (χ2n) is 14.3. The Morgan fingerprint density at radius 3 is 2.11 bits per heavy atom. The van der Waals surface area contributed by atoms with Crippen LogP contribution in [0.15, 0.2) is 133 Å². The molecule has 0 bridgehead atoms. The van der Waals surface area contributed by atoms with Crippen LogP contribution in [0.25, 0.3) is 11.1 Å². The van der Waals surface area contributed by atoms with Gasteiger partial charge in [-0.2, -0.15) is 0 Å². The number of amides is 2. The number of aliphatic hydroxyl groups excluding tert-OH is 1. The van der Waals surface area contributed by atoms with Crippen LogP contribution in [0, 0.1) is 5.92 Å². The van der Waals surface area contributed by atoms with Crippen LogP contribution in [0.2, 0.25) is 0 Å². The maximum Gasteiger partial charge on any atom is 0.328 e. The highest BCUT2D eigenvalue weighted by Crippen LogP contribution is 2.42. The molecule has 2 amide bonds. The molecular formula is C46H51N3O6. The molecule has 1 aliphatic rings. The van der Waals surface area contributed by atoms with Gasteiger partial charge in [0, 0.05) is 37.0 Å². The Kier molecular flexibility index (Phi) is 13.5. The van der Waals surface area contributed by atoms with Crippen LogP contribution in [-0.4, -0.2) is 54.9 Å². The predicted molar refractivity (Wildman–Crippen MR) is 214 cm³/mol. The highest BCUT2D eigenvalue weighted by molar-refractivity contribution is 5.83. The second kappa shape index (κ2) is 18.8. The van der Waals surface area contributed by atoms with Gasteiger partial charge in [0.05, 0.1) is 25.9 Å². The Balaban J connectivity index is 1.13. The molecule has 0 aromatic heterocycles. The minimum absolute atomic E-state index is 0.00829. The zero-order chi connectivity index (χ0) is 38.7. The molecule has 0 saturated carbocycles. The van der Waals surface area contributed by atoms with Crippen LogP contribution in [0.5, 0.6) is 0 Å².